The Morgan fingerprint density at radius 3 is 2.45 bits per heavy atom. The Kier molecular flexibility index (Phi) is 9.57. The molecule has 0 saturated heterocycles. The van der Waals surface area contributed by atoms with E-state index in [1.54, 1.807) is 0 Å². The summed E-state index contributed by atoms with van der Waals surface area (Å²) in [5.74, 6) is 1.29. The summed E-state index contributed by atoms with van der Waals surface area (Å²) < 4.78 is 0. The first-order valence-electron chi connectivity index (χ1n) is 11.8. The van der Waals surface area contributed by atoms with Crippen LogP contribution in [0.3, 0.4) is 0 Å². The van der Waals surface area contributed by atoms with Crippen molar-refractivity contribution in [1.82, 2.24) is 15.6 Å². The number of carbonyl (C=O) groups excluding carboxylic acids is 1. The Bertz CT molecular complexity index is 783. The van der Waals surface area contributed by atoms with Crippen LogP contribution in [-0.4, -0.2) is 41.8 Å². The van der Waals surface area contributed by atoms with Crippen LogP contribution in [-0.2, 0) is 13.0 Å². The summed E-state index contributed by atoms with van der Waals surface area (Å²) >= 11 is 0. The first-order chi connectivity index (χ1) is 14.9. The van der Waals surface area contributed by atoms with Gasteiger partial charge in [0.15, 0.2) is 0 Å². The normalized spacial score (nSPS) is 14.3. The highest BCUT2D eigenvalue weighted by atomic mass is 16.3. The Hall–Kier alpha value is -2.33. The van der Waals surface area contributed by atoms with E-state index in [-0.39, 0.29) is 24.6 Å². The molecule has 2 rings (SSSR count). The zero-order valence-electron chi connectivity index (χ0n) is 19.8. The van der Waals surface area contributed by atoms with Crippen molar-refractivity contribution in [2.75, 3.05) is 24.5 Å². The SMILES string of the molecule is CCCNC(=O)N[C@@H](CN(CC)c1nc(C2CC2)c(CO)c(CCC)c1C#N)C(C)C. The van der Waals surface area contributed by atoms with E-state index in [4.69, 9.17) is 4.98 Å². The molecular weight excluding hydrogens is 390 g/mol. The van der Waals surface area contributed by atoms with Crippen molar-refractivity contribution in [1.29, 1.82) is 5.26 Å². The average molecular weight is 430 g/mol. The molecule has 1 atom stereocenters. The van der Waals surface area contributed by atoms with Crippen molar-refractivity contribution < 1.29 is 9.90 Å². The number of hydrogen-bond donors (Lipinski definition) is 3. The predicted octanol–water partition coefficient (Wildman–Crippen LogP) is 3.84. The molecule has 3 N–H and O–H groups in total. The first kappa shape index (κ1) is 24.9. The van der Waals surface area contributed by atoms with Crippen LogP contribution in [0.2, 0.25) is 0 Å². The maximum atomic E-state index is 12.3. The zero-order chi connectivity index (χ0) is 23.0. The number of nitriles is 1. The highest BCUT2D eigenvalue weighted by Gasteiger charge is 2.32. The number of aliphatic hydroxyl groups excluding tert-OH is 1. The Morgan fingerprint density at radius 1 is 1.26 bits per heavy atom. The van der Waals surface area contributed by atoms with Gasteiger partial charge >= 0.3 is 6.03 Å². The van der Waals surface area contributed by atoms with E-state index in [9.17, 15) is 15.2 Å². The smallest absolute Gasteiger partial charge is 0.315 e. The van der Waals surface area contributed by atoms with Crippen LogP contribution in [0, 0.1) is 17.2 Å². The number of likely N-dealkylation sites (N-methyl/N-ethyl adjacent to an activating group) is 1. The van der Waals surface area contributed by atoms with Gasteiger partial charge in [0.1, 0.15) is 11.9 Å². The van der Waals surface area contributed by atoms with Gasteiger partial charge in [-0.15, -0.1) is 0 Å². The number of nitrogens with one attached hydrogen (secondary N) is 2. The molecule has 0 unspecified atom stereocenters. The fourth-order valence-electron chi connectivity index (χ4n) is 3.90. The lowest BCUT2D eigenvalue weighted by Crippen LogP contribution is -2.50. The lowest BCUT2D eigenvalue weighted by atomic mass is 9.95. The minimum absolute atomic E-state index is 0.0803. The number of hydrogen-bond acceptors (Lipinski definition) is 5. The summed E-state index contributed by atoms with van der Waals surface area (Å²) in [6.07, 6.45) is 4.69. The van der Waals surface area contributed by atoms with Crippen LogP contribution in [0.4, 0.5) is 10.6 Å². The summed E-state index contributed by atoms with van der Waals surface area (Å²) in [6, 6.07) is 2.14. The third kappa shape index (κ3) is 6.33. The Balaban J connectivity index is 2.42. The van der Waals surface area contributed by atoms with E-state index in [1.807, 2.05) is 13.8 Å². The summed E-state index contributed by atoms with van der Waals surface area (Å²) in [6.45, 7) is 12.1. The second kappa shape index (κ2) is 11.9. The number of pyridine rings is 1. The molecule has 1 heterocycles. The minimum Gasteiger partial charge on any atom is -0.392 e. The molecule has 31 heavy (non-hydrogen) atoms. The van der Waals surface area contributed by atoms with E-state index in [0.29, 0.717) is 36.9 Å². The van der Waals surface area contributed by atoms with Crippen LogP contribution in [0.15, 0.2) is 0 Å². The van der Waals surface area contributed by atoms with Gasteiger partial charge in [0.05, 0.1) is 23.9 Å². The van der Waals surface area contributed by atoms with Gasteiger partial charge in [-0.1, -0.05) is 34.1 Å². The molecular formula is C24H39N5O2. The average Bonchev–Trinajstić information content (AvgIpc) is 3.59. The Labute approximate surface area is 187 Å². The molecule has 1 saturated carbocycles. The van der Waals surface area contributed by atoms with Crippen LogP contribution in [0.25, 0.3) is 0 Å². The first-order valence-corrected chi connectivity index (χ1v) is 11.8. The maximum Gasteiger partial charge on any atom is 0.315 e. The predicted molar refractivity (Wildman–Crippen MR) is 124 cm³/mol. The summed E-state index contributed by atoms with van der Waals surface area (Å²) in [5.41, 5.74) is 3.30. The quantitative estimate of drug-likeness (QED) is 0.469. The molecule has 1 aliphatic rings. The fraction of sp³-hybridized carbons (Fsp3) is 0.708. The number of amides is 2. The van der Waals surface area contributed by atoms with E-state index in [0.717, 1.165) is 48.9 Å². The standard InChI is InChI=1S/C24H39N5O2/c1-6-9-18-19(13-25)23(28-22(17-10-11-17)20(18)15-30)29(8-3)14-21(16(4)5)27-24(31)26-12-7-2/h16-17,21,30H,6-12,14-15H2,1-5H3,(H2,26,27,31)/t21-/m0/s1. The molecule has 0 radical (unpaired) electrons. The second-order valence-corrected chi connectivity index (χ2v) is 8.74. The highest BCUT2D eigenvalue weighted by Crippen LogP contribution is 2.43. The zero-order valence-corrected chi connectivity index (χ0v) is 19.8. The van der Waals surface area contributed by atoms with Crippen molar-refractivity contribution in [2.24, 2.45) is 5.92 Å². The molecule has 0 aromatic carbocycles. The van der Waals surface area contributed by atoms with Crippen LogP contribution in [0.1, 0.15) is 88.6 Å². The lowest BCUT2D eigenvalue weighted by molar-refractivity contribution is 0.233. The van der Waals surface area contributed by atoms with Gasteiger partial charge in [-0.2, -0.15) is 5.26 Å². The number of rotatable bonds is 12. The second-order valence-electron chi connectivity index (χ2n) is 8.74. The number of urea groups is 1. The molecule has 7 heteroatoms. The lowest BCUT2D eigenvalue weighted by Gasteiger charge is -2.32. The molecule has 2 amide bonds. The summed E-state index contributed by atoms with van der Waals surface area (Å²) in [4.78, 5) is 19.3. The molecule has 0 aliphatic heterocycles. The van der Waals surface area contributed by atoms with Crippen molar-refractivity contribution >= 4 is 11.8 Å². The van der Waals surface area contributed by atoms with E-state index in [1.165, 1.54) is 0 Å². The third-order valence-electron chi connectivity index (χ3n) is 5.91. The van der Waals surface area contributed by atoms with Gasteiger partial charge in [-0.05, 0) is 44.1 Å². The third-order valence-corrected chi connectivity index (χ3v) is 5.91. The number of carbonyl (C=O) groups is 1. The van der Waals surface area contributed by atoms with Crippen LogP contribution >= 0.6 is 0 Å². The largest absolute Gasteiger partial charge is 0.392 e. The monoisotopic (exact) mass is 429 g/mol. The molecule has 7 nitrogen and oxygen atoms in total. The molecule has 0 bridgehead atoms. The van der Waals surface area contributed by atoms with Crippen molar-refractivity contribution in [3.05, 3.63) is 22.4 Å². The van der Waals surface area contributed by atoms with E-state index < -0.39 is 0 Å². The number of aromatic nitrogens is 1. The van der Waals surface area contributed by atoms with Gasteiger partial charge in [-0.25, -0.2) is 9.78 Å². The van der Waals surface area contributed by atoms with Gasteiger partial charge in [0.2, 0.25) is 0 Å². The molecule has 1 aromatic rings. The number of anilines is 1. The highest BCUT2D eigenvalue weighted by molar-refractivity contribution is 5.74. The molecule has 1 fully saturated rings. The maximum absolute atomic E-state index is 12.3. The molecule has 1 aromatic heterocycles. The van der Waals surface area contributed by atoms with E-state index in [2.05, 4.69) is 42.4 Å². The van der Waals surface area contributed by atoms with E-state index >= 15 is 0 Å². The van der Waals surface area contributed by atoms with Crippen LogP contribution < -0.4 is 15.5 Å². The van der Waals surface area contributed by atoms with Crippen molar-refractivity contribution in [3.63, 3.8) is 0 Å². The summed E-state index contributed by atoms with van der Waals surface area (Å²) in [5, 5.41) is 26.1. The summed E-state index contributed by atoms with van der Waals surface area (Å²) in [7, 11) is 0. The molecule has 172 valence electrons. The van der Waals surface area contributed by atoms with Gasteiger partial charge in [0.25, 0.3) is 0 Å². The van der Waals surface area contributed by atoms with Crippen molar-refractivity contribution in [3.8, 4) is 6.07 Å². The topological polar surface area (TPSA) is 101 Å². The van der Waals surface area contributed by atoms with Crippen molar-refractivity contribution in [2.45, 2.75) is 85.3 Å². The molecule has 1 aliphatic carbocycles. The number of nitrogens with zero attached hydrogens (tertiary/aromatic N) is 3. The fourth-order valence-corrected chi connectivity index (χ4v) is 3.90. The van der Waals surface area contributed by atoms with Gasteiger partial charge in [0, 0.05) is 31.1 Å². The van der Waals surface area contributed by atoms with Crippen LogP contribution in [0.5, 0.6) is 0 Å². The molecule has 0 spiro atoms. The minimum atomic E-state index is -0.161. The number of aliphatic hydroxyl groups is 1. The van der Waals surface area contributed by atoms with Gasteiger partial charge < -0.3 is 20.6 Å². The van der Waals surface area contributed by atoms with Gasteiger partial charge in [-0.3, -0.25) is 0 Å². The Morgan fingerprint density at radius 2 is 1.97 bits per heavy atom.